The molecule has 2 nitrogen and oxygen atoms in total. The van der Waals surface area contributed by atoms with Crippen molar-refractivity contribution in [3.63, 3.8) is 0 Å². The van der Waals surface area contributed by atoms with Crippen molar-refractivity contribution in [2.24, 2.45) is 0 Å². The number of hydrogen-bond acceptors (Lipinski definition) is 1. The summed E-state index contributed by atoms with van der Waals surface area (Å²) in [4.78, 5) is 1.99. The number of amidine groups is 1. The molecule has 0 saturated carbocycles. The van der Waals surface area contributed by atoms with Crippen molar-refractivity contribution in [3.05, 3.63) is 71.8 Å². The number of likely N-dealkylation sites (N-methyl/N-ethyl adjacent to an activating group) is 1. The van der Waals surface area contributed by atoms with Crippen LogP contribution in [0.5, 0.6) is 0 Å². The predicted molar refractivity (Wildman–Crippen MR) is 76.0 cm³/mol. The minimum atomic E-state index is 0.575. The lowest BCUT2D eigenvalue weighted by molar-refractivity contribution is 0.506. The van der Waals surface area contributed by atoms with Crippen LogP contribution in [0.3, 0.4) is 0 Å². The fourth-order valence-corrected chi connectivity index (χ4v) is 1.87. The Labute approximate surface area is 108 Å². The lowest BCUT2D eigenvalue weighted by atomic mass is 10.1. The standard InChI is InChI=1S/C16H18N2/c1-18(13-12-14-8-4-2-5-9-14)16(17)15-10-6-3-7-11-15/h2-11,17H,12-13H2,1H3. The SMILES string of the molecule is CN(CCc1ccccc1)C(=N)c1ccccc1. The van der Waals surface area contributed by atoms with E-state index in [9.17, 15) is 0 Å². The van der Waals surface area contributed by atoms with Gasteiger partial charge in [-0.25, -0.2) is 0 Å². The zero-order valence-electron chi connectivity index (χ0n) is 10.6. The summed E-state index contributed by atoms with van der Waals surface area (Å²) < 4.78 is 0. The van der Waals surface area contributed by atoms with E-state index in [1.165, 1.54) is 5.56 Å². The van der Waals surface area contributed by atoms with E-state index in [2.05, 4.69) is 24.3 Å². The maximum atomic E-state index is 8.13. The monoisotopic (exact) mass is 238 g/mol. The van der Waals surface area contributed by atoms with Crippen molar-refractivity contribution in [2.45, 2.75) is 6.42 Å². The molecule has 0 aliphatic heterocycles. The summed E-state index contributed by atoms with van der Waals surface area (Å²) in [6, 6.07) is 20.2. The van der Waals surface area contributed by atoms with E-state index in [1.807, 2.05) is 48.3 Å². The summed E-state index contributed by atoms with van der Waals surface area (Å²) >= 11 is 0. The van der Waals surface area contributed by atoms with Crippen LogP contribution in [0, 0.1) is 5.41 Å². The van der Waals surface area contributed by atoms with Crippen LogP contribution in [0.4, 0.5) is 0 Å². The molecule has 0 radical (unpaired) electrons. The molecule has 18 heavy (non-hydrogen) atoms. The van der Waals surface area contributed by atoms with Gasteiger partial charge < -0.3 is 4.90 Å². The molecule has 0 spiro atoms. The molecule has 0 saturated heterocycles. The molecule has 92 valence electrons. The van der Waals surface area contributed by atoms with Gasteiger partial charge in [-0.2, -0.15) is 0 Å². The highest BCUT2D eigenvalue weighted by molar-refractivity contribution is 5.96. The van der Waals surface area contributed by atoms with E-state index in [4.69, 9.17) is 5.41 Å². The van der Waals surface area contributed by atoms with Gasteiger partial charge in [0.25, 0.3) is 0 Å². The summed E-state index contributed by atoms with van der Waals surface area (Å²) in [6.45, 7) is 0.859. The average Bonchev–Trinajstić information content (AvgIpc) is 2.46. The van der Waals surface area contributed by atoms with Crippen LogP contribution in [0.15, 0.2) is 60.7 Å². The first kappa shape index (κ1) is 12.4. The molecule has 0 fully saturated rings. The minimum absolute atomic E-state index is 0.575. The van der Waals surface area contributed by atoms with E-state index in [-0.39, 0.29) is 0 Å². The van der Waals surface area contributed by atoms with Gasteiger partial charge in [-0.3, -0.25) is 5.41 Å². The Bertz CT molecular complexity index is 491. The van der Waals surface area contributed by atoms with E-state index < -0.39 is 0 Å². The van der Waals surface area contributed by atoms with Gasteiger partial charge in [0.1, 0.15) is 5.84 Å². The molecular formula is C16H18N2. The third-order valence-corrected chi connectivity index (χ3v) is 3.01. The summed E-state index contributed by atoms with van der Waals surface area (Å²) in [5.41, 5.74) is 2.28. The van der Waals surface area contributed by atoms with Crippen molar-refractivity contribution < 1.29 is 0 Å². The smallest absolute Gasteiger partial charge is 0.127 e. The molecule has 2 heteroatoms. The van der Waals surface area contributed by atoms with Gasteiger partial charge in [-0.1, -0.05) is 60.7 Å². The first-order chi connectivity index (χ1) is 8.77. The van der Waals surface area contributed by atoms with E-state index in [0.29, 0.717) is 5.84 Å². The number of nitrogens with one attached hydrogen (secondary N) is 1. The zero-order chi connectivity index (χ0) is 12.8. The Balaban J connectivity index is 1.93. The molecule has 0 amide bonds. The Morgan fingerprint density at radius 1 is 0.944 bits per heavy atom. The summed E-state index contributed by atoms with van der Waals surface area (Å²) in [5, 5.41) is 8.13. The third kappa shape index (κ3) is 3.20. The second kappa shape index (κ2) is 6.01. The summed E-state index contributed by atoms with van der Waals surface area (Å²) in [6.07, 6.45) is 0.965. The van der Waals surface area contributed by atoms with Crippen LogP contribution in [0.2, 0.25) is 0 Å². The Morgan fingerprint density at radius 3 is 2.11 bits per heavy atom. The minimum Gasteiger partial charge on any atom is -0.359 e. The lowest BCUT2D eigenvalue weighted by Gasteiger charge is -2.20. The van der Waals surface area contributed by atoms with Gasteiger partial charge in [0.15, 0.2) is 0 Å². The van der Waals surface area contributed by atoms with Gasteiger partial charge in [0.2, 0.25) is 0 Å². The number of rotatable bonds is 4. The molecule has 1 N–H and O–H groups in total. The van der Waals surface area contributed by atoms with Crippen LogP contribution in [0.1, 0.15) is 11.1 Å². The second-order valence-electron chi connectivity index (χ2n) is 4.37. The van der Waals surface area contributed by atoms with Gasteiger partial charge in [-0.15, -0.1) is 0 Å². The van der Waals surface area contributed by atoms with Crippen molar-refractivity contribution in [1.82, 2.24) is 4.90 Å². The Morgan fingerprint density at radius 2 is 1.50 bits per heavy atom. The molecule has 2 rings (SSSR count). The Kier molecular flexibility index (Phi) is 4.13. The van der Waals surface area contributed by atoms with E-state index in [0.717, 1.165) is 18.5 Å². The maximum absolute atomic E-state index is 8.13. The highest BCUT2D eigenvalue weighted by Gasteiger charge is 2.06. The van der Waals surface area contributed by atoms with Crippen LogP contribution < -0.4 is 0 Å². The first-order valence-corrected chi connectivity index (χ1v) is 6.16. The largest absolute Gasteiger partial charge is 0.359 e. The van der Waals surface area contributed by atoms with Crippen LogP contribution in [-0.4, -0.2) is 24.3 Å². The predicted octanol–water partition coefficient (Wildman–Crippen LogP) is 3.19. The van der Waals surface area contributed by atoms with Crippen LogP contribution >= 0.6 is 0 Å². The molecule has 2 aromatic carbocycles. The van der Waals surface area contributed by atoms with E-state index >= 15 is 0 Å². The van der Waals surface area contributed by atoms with E-state index in [1.54, 1.807) is 0 Å². The quantitative estimate of drug-likeness (QED) is 0.643. The van der Waals surface area contributed by atoms with Gasteiger partial charge >= 0.3 is 0 Å². The van der Waals surface area contributed by atoms with Gasteiger partial charge in [-0.05, 0) is 12.0 Å². The molecular weight excluding hydrogens is 220 g/mol. The van der Waals surface area contributed by atoms with Crippen molar-refractivity contribution in [3.8, 4) is 0 Å². The molecule has 0 heterocycles. The zero-order valence-corrected chi connectivity index (χ0v) is 10.6. The topological polar surface area (TPSA) is 27.1 Å². The molecule has 0 unspecified atom stereocenters. The van der Waals surface area contributed by atoms with Crippen LogP contribution in [0.25, 0.3) is 0 Å². The molecule has 0 aromatic heterocycles. The van der Waals surface area contributed by atoms with Crippen molar-refractivity contribution in [1.29, 1.82) is 5.41 Å². The third-order valence-electron chi connectivity index (χ3n) is 3.01. The Hall–Kier alpha value is -2.09. The number of nitrogens with zero attached hydrogens (tertiary/aromatic N) is 1. The normalized spacial score (nSPS) is 10.1. The summed E-state index contributed by atoms with van der Waals surface area (Å²) in [5.74, 6) is 0.575. The van der Waals surface area contributed by atoms with Gasteiger partial charge in [0, 0.05) is 19.2 Å². The van der Waals surface area contributed by atoms with Crippen molar-refractivity contribution >= 4 is 5.84 Å². The fraction of sp³-hybridized carbons (Fsp3) is 0.188. The molecule has 0 atom stereocenters. The second-order valence-corrected chi connectivity index (χ2v) is 4.37. The molecule has 0 aliphatic rings. The maximum Gasteiger partial charge on any atom is 0.127 e. The van der Waals surface area contributed by atoms with Crippen LogP contribution in [-0.2, 0) is 6.42 Å². The summed E-state index contributed by atoms with van der Waals surface area (Å²) in [7, 11) is 1.97. The molecule has 2 aromatic rings. The molecule has 0 bridgehead atoms. The fourth-order valence-electron chi connectivity index (χ4n) is 1.87. The molecule has 0 aliphatic carbocycles. The van der Waals surface area contributed by atoms with Crippen molar-refractivity contribution in [2.75, 3.05) is 13.6 Å². The first-order valence-electron chi connectivity index (χ1n) is 6.16. The number of hydrogen-bond donors (Lipinski definition) is 1. The van der Waals surface area contributed by atoms with Gasteiger partial charge in [0.05, 0.1) is 0 Å². The lowest BCUT2D eigenvalue weighted by Crippen LogP contribution is -2.28. The highest BCUT2D eigenvalue weighted by Crippen LogP contribution is 2.05. The highest BCUT2D eigenvalue weighted by atomic mass is 15.1. The number of benzene rings is 2. The average molecular weight is 238 g/mol.